The van der Waals surface area contributed by atoms with E-state index in [1.807, 2.05) is 30.3 Å². The molecule has 100 valence electrons. The van der Waals surface area contributed by atoms with Gasteiger partial charge < -0.3 is 10.1 Å². The summed E-state index contributed by atoms with van der Waals surface area (Å²) in [5, 5.41) is 12.1. The molecule has 1 aliphatic heterocycles. The number of hydrogen-bond donors (Lipinski definition) is 1. The molecule has 1 aromatic heterocycles. The molecule has 0 amide bonds. The van der Waals surface area contributed by atoms with Crippen LogP contribution in [0.2, 0.25) is 0 Å². The van der Waals surface area contributed by atoms with Crippen molar-refractivity contribution in [2.24, 2.45) is 0 Å². The predicted octanol–water partition coefficient (Wildman–Crippen LogP) is 2.36. The third-order valence-corrected chi connectivity index (χ3v) is 3.38. The van der Waals surface area contributed by atoms with Crippen LogP contribution in [0.5, 0.6) is 5.75 Å². The summed E-state index contributed by atoms with van der Waals surface area (Å²) in [4.78, 5) is 4.24. The van der Waals surface area contributed by atoms with E-state index in [9.17, 15) is 0 Å². The SMILES string of the molecule is N#Cc1ccc(-c2cncc(O[C@@H]3CCNC3)c2)cc1. The first-order valence-corrected chi connectivity index (χ1v) is 6.68. The van der Waals surface area contributed by atoms with Gasteiger partial charge in [-0.25, -0.2) is 0 Å². The van der Waals surface area contributed by atoms with Crippen molar-refractivity contribution in [2.75, 3.05) is 13.1 Å². The molecule has 0 spiro atoms. The molecule has 2 heterocycles. The van der Waals surface area contributed by atoms with E-state index in [0.29, 0.717) is 5.56 Å². The molecule has 3 rings (SSSR count). The van der Waals surface area contributed by atoms with Gasteiger partial charge in [0.15, 0.2) is 0 Å². The lowest BCUT2D eigenvalue weighted by Gasteiger charge is -2.12. The molecular weight excluding hydrogens is 250 g/mol. The monoisotopic (exact) mass is 265 g/mol. The van der Waals surface area contributed by atoms with Crippen LogP contribution in [0.3, 0.4) is 0 Å². The van der Waals surface area contributed by atoms with Crippen molar-refractivity contribution in [3.8, 4) is 22.9 Å². The Bertz CT molecular complexity index is 625. The number of rotatable bonds is 3. The first-order valence-electron chi connectivity index (χ1n) is 6.68. The second-order valence-electron chi connectivity index (χ2n) is 4.83. The molecule has 1 aliphatic rings. The summed E-state index contributed by atoms with van der Waals surface area (Å²) >= 11 is 0. The molecule has 1 N–H and O–H groups in total. The standard InChI is InChI=1S/C16H15N3O/c17-8-12-1-3-13(4-2-12)14-7-16(11-19-9-14)20-15-5-6-18-10-15/h1-4,7,9,11,15,18H,5-6,10H2/t15-/m1/s1. The van der Waals surface area contributed by atoms with Gasteiger partial charge in [0, 0.05) is 18.3 Å². The Morgan fingerprint density at radius 3 is 2.75 bits per heavy atom. The van der Waals surface area contributed by atoms with E-state index < -0.39 is 0 Å². The number of pyridine rings is 1. The van der Waals surface area contributed by atoms with Gasteiger partial charge in [0.1, 0.15) is 11.9 Å². The van der Waals surface area contributed by atoms with E-state index in [1.54, 1.807) is 12.4 Å². The number of nitrogens with one attached hydrogen (secondary N) is 1. The van der Waals surface area contributed by atoms with Gasteiger partial charge in [-0.1, -0.05) is 12.1 Å². The van der Waals surface area contributed by atoms with Gasteiger partial charge in [0.05, 0.1) is 17.8 Å². The number of ether oxygens (including phenoxy) is 1. The summed E-state index contributed by atoms with van der Waals surface area (Å²) in [5.74, 6) is 0.792. The molecule has 0 radical (unpaired) electrons. The van der Waals surface area contributed by atoms with E-state index in [1.165, 1.54) is 0 Å². The summed E-state index contributed by atoms with van der Waals surface area (Å²) in [6.07, 6.45) is 4.81. The van der Waals surface area contributed by atoms with E-state index in [-0.39, 0.29) is 6.10 Å². The fourth-order valence-corrected chi connectivity index (χ4v) is 2.30. The fraction of sp³-hybridized carbons (Fsp3) is 0.250. The van der Waals surface area contributed by atoms with Crippen LogP contribution in [0.1, 0.15) is 12.0 Å². The van der Waals surface area contributed by atoms with Crippen LogP contribution in [-0.2, 0) is 0 Å². The molecule has 20 heavy (non-hydrogen) atoms. The van der Waals surface area contributed by atoms with Crippen LogP contribution in [0.15, 0.2) is 42.7 Å². The van der Waals surface area contributed by atoms with Crippen LogP contribution < -0.4 is 10.1 Å². The van der Waals surface area contributed by atoms with E-state index in [2.05, 4.69) is 16.4 Å². The number of nitriles is 1. The van der Waals surface area contributed by atoms with Crippen molar-refractivity contribution in [3.63, 3.8) is 0 Å². The smallest absolute Gasteiger partial charge is 0.138 e. The highest BCUT2D eigenvalue weighted by atomic mass is 16.5. The Morgan fingerprint density at radius 1 is 1.20 bits per heavy atom. The van der Waals surface area contributed by atoms with E-state index in [0.717, 1.165) is 36.4 Å². The summed E-state index contributed by atoms with van der Waals surface area (Å²) < 4.78 is 5.90. The molecule has 4 heteroatoms. The van der Waals surface area contributed by atoms with Crippen LogP contribution in [0.25, 0.3) is 11.1 Å². The highest BCUT2D eigenvalue weighted by molar-refractivity contribution is 5.64. The molecule has 1 aromatic carbocycles. The van der Waals surface area contributed by atoms with Crippen molar-refractivity contribution in [2.45, 2.75) is 12.5 Å². The van der Waals surface area contributed by atoms with Gasteiger partial charge in [-0.15, -0.1) is 0 Å². The molecule has 4 nitrogen and oxygen atoms in total. The second-order valence-corrected chi connectivity index (χ2v) is 4.83. The van der Waals surface area contributed by atoms with E-state index >= 15 is 0 Å². The topological polar surface area (TPSA) is 57.9 Å². The normalized spacial score (nSPS) is 17.6. The van der Waals surface area contributed by atoms with Crippen molar-refractivity contribution >= 4 is 0 Å². The Morgan fingerprint density at radius 2 is 2.05 bits per heavy atom. The van der Waals surface area contributed by atoms with Crippen LogP contribution in [0.4, 0.5) is 0 Å². The molecule has 0 saturated carbocycles. The summed E-state index contributed by atoms with van der Waals surface area (Å²) in [6, 6.07) is 11.6. The zero-order valence-electron chi connectivity index (χ0n) is 11.0. The van der Waals surface area contributed by atoms with Gasteiger partial charge in [-0.2, -0.15) is 5.26 Å². The van der Waals surface area contributed by atoms with Gasteiger partial charge in [-0.05, 0) is 36.7 Å². The molecule has 0 unspecified atom stereocenters. The highest BCUT2D eigenvalue weighted by Gasteiger charge is 2.16. The maximum Gasteiger partial charge on any atom is 0.138 e. The van der Waals surface area contributed by atoms with Crippen LogP contribution in [-0.4, -0.2) is 24.2 Å². The Labute approximate surface area is 118 Å². The lowest BCUT2D eigenvalue weighted by molar-refractivity contribution is 0.222. The first-order chi connectivity index (χ1) is 9.85. The average molecular weight is 265 g/mol. The van der Waals surface area contributed by atoms with Crippen molar-refractivity contribution < 1.29 is 4.74 Å². The number of benzene rings is 1. The third-order valence-electron chi connectivity index (χ3n) is 3.38. The molecule has 1 fully saturated rings. The van der Waals surface area contributed by atoms with Crippen molar-refractivity contribution in [1.29, 1.82) is 5.26 Å². The number of aromatic nitrogens is 1. The summed E-state index contributed by atoms with van der Waals surface area (Å²) in [7, 11) is 0. The Balaban J connectivity index is 1.80. The van der Waals surface area contributed by atoms with Gasteiger partial charge >= 0.3 is 0 Å². The van der Waals surface area contributed by atoms with Crippen molar-refractivity contribution in [3.05, 3.63) is 48.3 Å². The molecule has 2 aromatic rings. The largest absolute Gasteiger partial charge is 0.487 e. The minimum Gasteiger partial charge on any atom is -0.487 e. The zero-order chi connectivity index (χ0) is 13.8. The Kier molecular flexibility index (Phi) is 3.62. The lowest BCUT2D eigenvalue weighted by atomic mass is 10.1. The fourth-order valence-electron chi connectivity index (χ4n) is 2.30. The van der Waals surface area contributed by atoms with Gasteiger partial charge in [-0.3, -0.25) is 4.98 Å². The second kappa shape index (κ2) is 5.72. The first kappa shape index (κ1) is 12.6. The van der Waals surface area contributed by atoms with E-state index in [4.69, 9.17) is 10.00 Å². The van der Waals surface area contributed by atoms with Gasteiger partial charge in [0.2, 0.25) is 0 Å². The number of hydrogen-bond acceptors (Lipinski definition) is 4. The maximum absolute atomic E-state index is 8.81. The third kappa shape index (κ3) is 2.79. The molecule has 1 saturated heterocycles. The average Bonchev–Trinajstić information content (AvgIpc) is 3.01. The highest BCUT2D eigenvalue weighted by Crippen LogP contribution is 2.24. The predicted molar refractivity (Wildman–Crippen MR) is 76.3 cm³/mol. The van der Waals surface area contributed by atoms with Crippen LogP contribution in [0, 0.1) is 11.3 Å². The minimum absolute atomic E-state index is 0.230. The molecule has 0 bridgehead atoms. The number of nitrogens with zero attached hydrogens (tertiary/aromatic N) is 2. The molecule has 1 atom stereocenters. The lowest BCUT2D eigenvalue weighted by Crippen LogP contribution is -2.19. The minimum atomic E-state index is 0.230. The molecule has 0 aliphatic carbocycles. The van der Waals surface area contributed by atoms with Crippen molar-refractivity contribution in [1.82, 2.24) is 10.3 Å². The maximum atomic E-state index is 8.81. The quantitative estimate of drug-likeness (QED) is 0.925. The molecular formula is C16H15N3O. The Hall–Kier alpha value is -2.38. The van der Waals surface area contributed by atoms with Gasteiger partial charge in [0.25, 0.3) is 0 Å². The van der Waals surface area contributed by atoms with Crippen LogP contribution >= 0.6 is 0 Å². The zero-order valence-corrected chi connectivity index (χ0v) is 11.0. The summed E-state index contributed by atoms with van der Waals surface area (Å²) in [5.41, 5.74) is 2.69. The summed E-state index contributed by atoms with van der Waals surface area (Å²) in [6.45, 7) is 1.90.